The molecule has 70 valence electrons. The molecule has 1 aliphatic heterocycles. The third-order valence-electron chi connectivity index (χ3n) is 3.89. The van der Waals surface area contributed by atoms with Crippen LogP contribution in [0.2, 0.25) is 0 Å². The Morgan fingerprint density at radius 2 is 2.33 bits per heavy atom. The smallest absolute Gasteiger partial charge is 0.0108 e. The van der Waals surface area contributed by atoms with Gasteiger partial charge in [0, 0.05) is 12.6 Å². The summed E-state index contributed by atoms with van der Waals surface area (Å²) in [6, 6.07) is 0.494. The van der Waals surface area contributed by atoms with Gasteiger partial charge in [-0.2, -0.15) is 0 Å². The normalized spacial score (nSPS) is 43.0. The second-order valence-electron chi connectivity index (χ2n) is 4.48. The lowest BCUT2D eigenvalue weighted by molar-refractivity contribution is 0.244. The van der Waals surface area contributed by atoms with E-state index >= 15 is 0 Å². The summed E-state index contributed by atoms with van der Waals surface area (Å²) in [5.74, 6) is 0. The Morgan fingerprint density at radius 3 is 2.83 bits per heavy atom. The van der Waals surface area contributed by atoms with Gasteiger partial charge in [-0.15, -0.1) is 0 Å². The van der Waals surface area contributed by atoms with Crippen molar-refractivity contribution in [1.82, 2.24) is 4.90 Å². The molecule has 2 nitrogen and oxygen atoms in total. The first kappa shape index (κ1) is 8.52. The lowest BCUT2D eigenvalue weighted by Crippen LogP contribution is -2.39. The summed E-state index contributed by atoms with van der Waals surface area (Å²) in [5, 5.41) is 0. The van der Waals surface area contributed by atoms with E-state index in [0.717, 1.165) is 0 Å². The van der Waals surface area contributed by atoms with Gasteiger partial charge in [0.1, 0.15) is 0 Å². The highest BCUT2D eigenvalue weighted by molar-refractivity contribution is 5.00. The average Bonchev–Trinajstić information content (AvgIpc) is 2.63. The minimum Gasteiger partial charge on any atom is -0.327 e. The zero-order chi connectivity index (χ0) is 8.60. The van der Waals surface area contributed by atoms with Crippen molar-refractivity contribution in [3.8, 4) is 0 Å². The molecule has 0 aromatic heterocycles. The molecule has 0 radical (unpaired) electrons. The Bertz CT molecular complexity index is 169. The highest BCUT2D eigenvalue weighted by Crippen LogP contribution is 2.44. The molecule has 2 aliphatic rings. The Hall–Kier alpha value is -0.0800. The van der Waals surface area contributed by atoms with Gasteiger partial charge in [-0.3, -0.25) is 0 Å². The molecule has 2 fully saturated rings. The molecule has 2 atom stereocenters. The highest BCUT2D eigenvalue weighted by atomic mass is 15.2. The molecule has 1 aliphatic carbocycles. The van der Waals surface area contributed by atoms with E-state index in [9.17, 15) is 0 Å². The summed E-state index contributed by atoms with van der Waals surface area (Å²) in [6.45, 7) is 6.00. The second kappa shape index (κ2) is 3.00. The molecule has 1 saturated heterocycles. The predicted octanol–water partition coefficient (Wildman–Crippen LogP) is 1.21. The molecular weight excluding hydrogens is 148 g/mol. The van der Waals surface area contributed by atoms with E-state index in [0.29, 0.717) is 11.5 Å². The van der Waals surface area contributed by atoms with Gasteiger partial charge in [0.05, 0.1) is 0 Å². The van der Waals surface area contributed by atoms with Crippen LogP contribution in [-0.2, 0) is 0 Å². The van der Waals surface area contributed by atoms with Gasteiger partial charge in [0.2, 0.25) is 0 Å². The van der Waals surface area contributed by atoms with Crippen molar-refractivity contribution in [3.63, 3.8) is 0 Å². The van der Waals surface area contributed by atoms with Gasteiger partial charge in [-0.05, 0) is 37.8 Å². The number of nitrogens with zero attached hydrogens (tertiary/aromatic N) is 1. The first-order valence-corrected chi connectivity index (χ1v) is 5.25. The molecule has 0 amide bonds. The molecule has 0 aromatic rings. The molecule has 0 bridgehead atoms. The SMILES string of the molecule is CCN1CCC2(CCCC2N)C1. The van der Waals surface area contributed by atoms with Crippen LogP contribution in [0.3, 0.4) is 0 Å². The second-order valence-corrected chi connectivity index (χ2v) is 4.48. The van der Waals surface area contributed by atoms with E-state index in [1.807, 2.05) is 0 Å². The van der Waals surface area contributed by atoms with Gasteiger partial charge in [-0.1, -0.05) is 13.3 Å². The van der Waals surface area contributed by atoms with Crippen molar-refractivity contribution in [2.75, 3.05) is 19.6 Å². The molecule has 2 rings (SSSR count). The summed E-state index contributed by atoms with van der Waals surface area (Å²) in [6.07, 6.45) is 5.35. The Balaban J connectivity index is 2.04. The van der Waals surface area contributed by atoms with Crippen LogP contribution in [0.15, 0.2) is 0 Å². The maximum atomic E-state index is 6.17. The molecule has 12 heavy (non-hydrogen) atoms. The molecule has 1 saturated carbocycles. The number of nitrogens with two attached hydrogens (primary N) is 1. The molecule has 0 aromatic carbocycles. The maximum Gasteiger partial charge on any atom is 0.0108 e. The van der Waals surface area contributed by atoms with E-state index in [2.05, 4.69) is 11.8 Å². The lowest BCUT2D eigenvalue weighted by atomic mass is 9.82. The van der Waals surface area contributed by atoms with Gasteiger partial charge >= 0.3 is 0 Å². The summed E-state index contributed by atoms with van der Waals surface area (Å²) < 4.78 is 0. The van der Waals surface area contributed by atoms with Crippen molar-refractivity contribution < 1.29 is 0 Å². The van der Waals surface area contributed by atoms with Crippen molar-refractivity contribution in [2.24, 2.45) is 11.1 Å². The largest absolute Gasteiger partial charge is 0.327 e. The maximum absolute atomic E-state index is 6.17. The summed E-state index contributed by atoms with van der Waals surface area (Å²) in [7, 11) is 0. The van der Waals surface area contributed by atoms with Gasteiger partial charge in [-0.25, -0.2) is 0 Å². The third kappa shape index (κ3) is 1.17. The Kier molecular flexibility index (Phi) is 2.13. The molecule has 1 heterocycles. The minimum absolute atomic E-state index is 0.494. The zero-order valence-corrected chi connectivity index (χ0v) is 8.05. The van der Waals surface area contributed by atoms with Crippen molar-refractivity contribution in [2.45, 2.75) is 38.6 Å². The van der Waals surface area contributed by atoms with E-state index < -0.39 is 0 Å². The molecule has 2 unspecified atom stereocenters. The first-order valence-electron chi connectivity index (χ1n) is 5.25. The van der Waals surface area contributed by atoms with Crippen LogP contribution in [0.25, 0.3) is 0 Å². The van der Waals surface area contributed by atoms with Crippen LogP contribution in [0.5, 0.6) is 0 Å². The van der Waals surface area contributed by atoms with Gasteiger partial charge < -0.3 is 10.6 Å². The third-order valence-corrected chi connectivity index (χ3v) is 3.89. The van der Waals surface area contributed by atoms with Crippen LogP contribution >= 0.6 is 0 Å². The molecular formula is C10H20N2. The van der Waals surface area contributed by atoms with Crippen molar-refractivity contribution in [1.29, 1.82) is 0 Å². The predicted molar refractivity (Wildman–Crippen MR) is 51.0 cm³/mol. The number of hydrogen-bond acceptors (Lipinski definition) is 2. The fourth-order valence-corrected chi connectivity index (χ4v) is 2.93. The van der Waals surface area contributed by atoms with E-state index in [1.54, 1.807) is 0 Å². The quantitative estimate of drug-likeness (QED) is 0.637. The molecule has 2 N–H and O–H groups in total. The monoisotopic (exact) mass is 168 g/mol. The van der Waals surface area contributed by atoms with E-state index in [-0.39, 0.29) is 0 Å². The van der Waals surface area contributed by atoms with Crippen LogP contribution in [0.1, 0.15) is 32.6 Å². The summed E-state index contributed by atoms with van der Waals surface area (Å²) in [4.78, 5) is 2.55. The van der Waals surface area contributed by atoms with Gasteiger partial charge in [0.25, 0.3) is 0 Å². The van der Waals surface area contributed by atoms with Crippen LogP contribution < -0.4 is 5.73 Å². The van der Waals surface area contributed by atoms with E-state index in [1.165, 1.54) is 45.3 Å². The fraction of sp³-hybridized carbons (Fsp3) is 1.00. The van der Waals surface area contributed by atoms with Crippen LogP contribution in [0, 0.1) is 5.41 Å². The fourth-order valence-electron chi connectivity index (χ4n) is 2.93. The topological polar surface area (TPSA) is 29.3 Å². The minimum atomic E-state index is 0.494. The lowest BCUT2D eigenvalue weighted by Gasteiger charge is -2.28. The Labute approximate surface area is 75.1 Å². The first-order chi connectivity index (χ1) is 5.77. The summed E-state index contributed by atoms with van der Waals surface area (Å²) >= 11 is 0. The number of likely N-dealkylation sites (tertiary alicyclic amines) is 1. The van der Waals surface area contributed by atoms with E-state index in [4.69, 9.17) is 5.73 Å². The van der Waals surface area contributed by atoms with Crippen molar-refractivity contribution in [3.05, 3.63) is 0 Å². The van der Waals surface area contributed by atoms with Crippen LogP contribution in [0.4, 0.5) is 0 Å². The molecule has 1 spiro atoms. The molecule has 2 heteroatoms. The zero-order valence-electron chi connectivity index (χ0n) is 8.05. The Morgan fingerprint density at radius 1 is 1.50 bits per heavy atom. The average molecular weight is 168 g/mol. The van der Waals surface area contributed by atoms with Crippen LogP contribution in [-0.4, -0.2) is 30.6 Å². The standard InChI is InChI=1S/C10H20N2/c1-2-12-7-6-10(8-12)5-3-4-9(10)11/h9H,2-8,11H2,1H3. The highest BCUT2D eigenvalue weighted by Gasteiger charge is 2.44. The number of rotatable bonds is 1. The van der Waals surface area contributed by atoms with Gasteiger partial charge in [0.15, 0.2) is 0 Å². The summed E-state index contributed by atoms with van der Waals surface area (Å²) in [5.41, 5.74) is 6.69. The number of hydrogen-bond donors (Lipinski definition) is 1. The van der Waals surface area contributed by atoms with Crippen molar-refractivity contribution >= 4 is 0 Å².